The Labute approximate surface area is 200 Å². The van der Waals surface area contributed by atoms with Crippen LogP contribution < -0.4 is 7.74 Å². The van der Waals surface area contributed by atoms with Crippen molar-refractivity contribution in [3.63, 3.8) is 0 Å². The summed E-state index contributed by atoms with van der Waals surface area (Å²) in [7, 11) is 5.69. The molecule has 0 aliphatic rings. The van der Waals surface area contributed by atoms with E-state index >= 15 is 0 Å². The van der Waals surface area contributed by atoms with Crippen LogP contribution in [-0.4, -0.2) is 11.6 Å². The van der Waals surface area contributed by atoms with Crippen molar-refractivity contribution in [3.8, 4) is 0 Å². The van der Waals surface area contributed by atoms with Crippen molar-refractivity contribution in [1.82, 2.24) is 0 Å². The summed E-state index contributed by atoms with van der Waals surface area (Å²) in [6, 6.07) is 13.1. The molecule has 0 radical (unpaired) electrons. The van der Waals surface area contributed by atoms with Crippen molar-refractivity contribution < 1.29 is 23.6 Å². The van der Waals surface area contributed by atoms with Crippen LogP contribution in [0.3, 0.4) is 0 Å². The number of ketones is 2. The molecule has 2 rings (SSSR count). The number of aryl methyl sites for hydroxylation is 2. The molecule has 0 saturated heterocycles. The van der Waals surface area contributed by atoms with Gasteiger partial charge in [-0.15, -0.1) is 0 Å². The minimum absolute atomic E-state index is 0.0964. The Hall–Kier alpha value is -1.16. The van der Waals surface area contributed by atoms with Gasteiger partial charge in [-0.2, -0.15) is 0 Å². The quantitative estimate of drug-likeness (QED) is 0.376. The fourth-order valence-corrected chi connectivity index (χ4v) is 18.8. The van der Waals surface area contributed by atoms with Crippen molar-refractivity contribution in [1.29, 1.82) is 0 Å². The number of Topliss-reactive ketones (excluding diaryl/α,β-unsaturated/α-hetero) is 2. The third kappa shape index (κ3) is 5.32. The summed E-state index contributed by atoms with van der Waals surface area (Å²) in [6.07, 6.45) is 0. The predicted molar refractivity (Wildman–Crippen MR) is 139 cm³/mol. The molecule has 0 amide bonds. The molecule has 0 fully saturated rings. The van der Waals surface area contributed by atoms with E-state index < -0.39 is 14.0 Å². The zero-order valence-corrected chi connectivity index (χ0v) is 24.1. The SMILES string of the molecule is CC(=O)[CH2][Ti]([SH])([CH2]C(C)=O)([c]1ccc(C)cc1C(C)(C)C)[c]1ccc(C)cc1C(C)(C)C. The van der Waals surface area contributed by atoms with Crippen LogP contribution in [0, 0.1) is 13.8 Å². The van der Waals surface area contributed by atoms with Crippen LogP contribution in [-0.2, 0) is 34.4 Å². The summed E-state index contributed by atoms with van der Waals surface area (Å²) >= 11 is -4.51. The third-order valence-corrected chi connectivity index (χ3v) is 19.1. The first-order chi connectivity index (χ1) is 14.4. The molecule has 2 aromatic rings. The second-order valence-electron chi connectivity index (χ2n) is 12.0. The standard InChI is InChI=1S/2C11H15.2C3H5O.H2S.Ti/c2*1-9-6-5-7-10(8-9)11(2,3)4;2*1-3(2)4;;/h2*5-6,8H,1-4H3;2*1H2,2H3;1H2;/q;;;;;+1/p-1. The first kappa shape index (κ1) is 27.1. The van der Waals surface area contributed by atoms with Gasteiger partial charge in [0.25, 0.3) is 0 Å². The van der Waals surface area contributed by atoms with Crippen molar-refractivity contribution in [2.24, 2.45) is 0 Å². The topological polar surface area (TPSA) is 34.1 Å². The average Bonchev–Trinajstić information content (AvgIpc) is 2.58. The number of hydrogen-bond acceptors (Lipinski definition) is 3. The fourth-order valence-electron chi connectivity index (χ4n) is 5.25. The molecule has 0 atom stereocenters. The number of hydrogen-bond donors (Lipinski definition) is 1. The van der Waals surface area contributed by atoms with Crippen molar-refractivity contribution in [2.45, 2.75) is 89.5 Å². The summed E-state index contributed by atoms with van der Waals surface area (Å²) in [4.78, 5) is 25.9. The van der Waals surface area contributed by atoms with E-state index in [2.05, 4.69) is 91.8 Å². The maximum absolute atomic E-state index is 12.9. The molecule has 32 heavy (non-hydrogen) atoms. The number of carbonyl (C=O) groups excluding carboxylic acids is 2. The Balaban J connectivity index is 3.22. The van der Waals surface area contributed by atoms with Gasteiger partial charge in [-0.3, -0.25) is 0 Å². The molecule has 175 valence electrons. The summed E-state index contributed by atoms with van der Waals surface area (Å²) in [5.41, 5.74) is 4.47. The summed E-state index contributed by atoms with van der Waals surface area (Å²) < 4.78 is 2.95. The van der Waals surface area contributed by atoms with E-state index in [1.54, 1.807) is 13.8 Å². The van der Waals surface area contributed by atoms with Crippen molar-refractivity contribution in [3.05, 3.63) is 58.7 Å². The van der Waals surface area contributed by atoms with Crippen LogP contribution in [0.25, 0.3) is 0 Å². The van der Waals surface area contributed by atoms with Gasteiger partial charge in [-0.05, 0) is 0 Å². The van der Waals surface area contributed by atoms with E-state index in [9.17, 15) is 9.59 Å². The molecule has 0 unspecified atom stereocenters. The Morgan fingerprint density at radius 2 is 1.03 bits per heavy atom. The first-order valence-corrected chi connectivity index (χ1v) is 17.8. The predicted octanol–water partition coefficient (Wildman–Crippen LogP) is 6.40. The monoisotopic (exact) mass is 489 g/mol. The molecule has 0 aliphatic carbocycles. The molecule has 0 heterocycles. The van der Waals surface area contributed by atoms with Crippen LogP contribution in [0.4, 0.5) is 0 Å². The van der Waals surface area contributed by atoms with Crippen molar-refractivity contribution in [2.75, 3.05) is 0 Å². The van der Waals surface area contributed by atoms with Gasteiger partial charge < -0.3 is 0 Å². The van der Waals surface area contributed by atoms with E-state index in [1.165, 1.54) is 22.3 Å². The second kappa shape index (κ2) is 8.89. The zero-order valence-electron chi connectivity index (χ0n) is 21.6. The number of benzene rings is 2. The molecule has 0 spiro atoms. The van der Waals surface area contributed by atoms with E-state index in [4.69, 9.17) is 10.2 Å². The van der Waals surface area contributed by atoms with Gasteiger partial charge in [0.05, 0.1) is 0 Å². The molecule has 2 nitrogen and oxygen atoms in total. The van der Waals surface area contributed by atoms with E-state index in [-0.39, 0.29) is 22.4 Å². The molecule has 4 heteroatoms. The van der Waals surface area contributed by atoms with Gasteiger partial charge >= 0.3 is 201 Å². The second-order valence-corrected chi connectivity index (χ2v) is 24.3. The molecular weight excluding hydrogens is 448 g/mol. The normalized spacial score (nSPS) is 14.0. The summed E-state index contributed by atoms with van der Waals surface area (Å²) in [5.74, 6) is 0.193. The Morgan fingerprint density at radius 1 is 0.719 bits per heavy atom. The number of rotatable bonds is 6. The maximum atomic E-state index is 12.9. The Kier molecular flexibility index (Phi) is 7.53. The number of carbonyl (C=O) groups is 2. The molecule has 0 aromatic heterocycles. The molecule has 0 N–H and O–H groups in total. The van der Waals surface area contributed by atoms with Gasteiger partial charge in [-0.25, -0.2) is 0 Å². The van der Waals surface area contributed by atoms with E-state index in [0.717, 1.165) is 7.74 Å². The van der Waals surface area contributed by atoms with Gasteiger partial charge in [0.15, 0.2) is 0 Å². The van der Waals surface area contributed by atoms with Crippen molar-refractivity contribution >= 4 is 29.5 Å². The van der Waals surface area contributed by atoms with Gasteiger partial charge in [0.2, 0.25) is 0 Å². The summed E-state index contributed by atoms with van der Waals surface area (Å²) in [5, 5.41) is 0. The van der Waals surface area contributed by atoms with Gasteiger partial charge in [0, 0.05) is 0 Å². The van der Waals surface area contributed by atoms with Gasteiger partial charge in [-0.1, -0.05) is 0 Å². The molecular formula is C28H41O2STi. The molecule has 2 aromatic carbocycles. The third-order valence-electron chi connectivity index (χ3n) is 6.50. The zero-order chi connectivity index (χ0) is 24.7. The van der Waals surface area contributed by atoms with E-state index in [1.807, 2.05) is 0 Å². The van der Waals surface area contributed by atoms with Crippen LogP contribution in [0.15, 0.2) is 36.4 Å². The number of thiol groups is 1. The summed E-state index contributed by atoms with van der Waals surface area (Å²) in [6.45, 7) is 20.7. The molecule has 0 bridgehead atoms. The van der Waals surface area contributed by atoms with Gasteiger partial charge in [0.1, 0.15) is 0 Å². The molecule has 0 aliphatic heterocycles. The van der Waals surface area contributed by atoms with Crippen LogP contribution in [0.1, 0.15) is 77.6 Å². The molecule has 0 saturated carbocycles. The first-order valence-electron chi connectivity index (χ1n) is 11.5. The van der Waals surface area contributed by atoms with Crippen LogP contribution in [0.2, 0.25) is 9.45 Å². The fraction of sp³-hybridized carbons (Fsp3) is 0.500. The van der Waals surface area contributed by atoms with E-state index in [0.29, 0.717) is 9.45 Å². The Bertz CT molecular complexity index is 971. The average molecular weight is 490 g/mol. The minimum atomic E-state index is -4.51. The van der Waals surface area contributed by atoms with Crippen LogP contribution in [0.5, 0.6) is 0 Å². The van der Waals surface area contributed by atoms with Crippen LogP contribution >= 0.6 is 10.2 Å². The Morgan fingerprint density at radius 3 is 1.28 bits per heavy atom.